The molecule has 0 aliphatic heterocycles. The molecule has 9 heteroatoms. The third-order valence-corrected chi connectivity index (χ3v) is 6.15. The van der Waals surface area contributed by atoms with Crippen LogP contribution in [0.25, 0.3) is 6.08 Å². The van der Waals surface area contributed by atoms with Crippen molar-refractivity contribution in [2.75, 3.05) is 13.7 Å². The molecule has 0 bridgehead atoms. The van der Waals surface area contributed by atoms with Gasteiger partial charge in [0, 0.05) is 36.3 Å². The highest BCUT2D eigenvalue weighted by Crippen LogP contribution is 2.42. The summed E-state index contributed by atoms with van der Waals surface area (Å²) in [7, 11) is 1.59. The van der Waals surface area contributed by atoms with Crippen LogP contribution in [-0.4, -0.2) is 29.3 Å². The molecule has 1 heterocycles. The van der Waals surface area contributed by atoms with Crippen molar-refractivity contribution in [2.45, 2.75) is 51.4 Å². The van der Waals surface area contributed by atoms with E-state index in [1.54, 1.807) is 13.2 Å². The first-order valence-corrected chi connectivity index (χ1v) is 12.2. The standard InChI is InChI=1S/C28H30F3N3O3/c1-19-6-3-4-7-24(19)37-18-22-16-20(8-12-25(22)36-2)9-13-27(35)32-14-5-15-34-23(21-10-11-21)17-26(33-34)28(29,30)31/h3-4,6-9,12-13,16-17,21H,5,10-11,14-15,18H2,1-2H3,(H,32,35)/b13-9+. The SMILES string of the molecule is COc1ccc(/C=C/C(=O)NCCCn2nc(C(F)(F)F)cc2C2CC2)cc1COc1ccccc1C. The second-order valence-electron chi connectivity index (χ2n) is 9.05. The Morgan fingerprint density at radius 1 is 1.16 bits per heavy atom. The number of nitrogens with zero attached hydrogens (tertiary/aromatic N) is 2. The zero-order chi connectivity index (χ0) is 26.4. The fraction of sp³-hybridized carbons (Fsp3) is 0.357. The largest absolute Gasteiger partial charge is 0.496 e. The number of carbonyl (C=O) groups excluding carboxylic acids is 1. The van der Waals surface area contributed by atoms with Gasteiger partial charge in [-0.1, -0.05) is 24.3 Å². The highest BCUT2D eigenvalue weighted by molar-refractivity contribution is 5.91. The van der Waals surface area contributed by atoms with Crippen LogP contribution in [0.15, 0.2) is 54.6 Å². The summed E-state index contributed by atoms with van der Waals surface area (Å²) in [5.74, 6) is 1.34. The lowest BCUT2D eigenvalue weighted by molar-refractivity contribution is -0.141. The summed E-state index contributed by atoms with van der Waals surface area (Å²) in [5.41, 5.74) is 2.46. The molecule has 1 N–H and O–H groups in total. The van der Waals surface area contributed by atoms with Crippen molar-refractivity contribution in [1.29, 1.82) is 0 Å². The lowest BCUT2D eigenvalue weighted by atomic mass is 10.1. The number of amides is 1. The van der Waals surface area contributed by atoms with E-state index in [-0.39, 0.29) is 11.8 Å². The molecule has 0 unspecified atom stereocenters. The Bertz CT molecular complexity index is 1260. The normalized spacial score (nSPS) is 13.6. The van der Waals surface area contributed by atoms with Crippen molar-refractivity contribution in [2.24, 2.45) is 0 Å². The number of carbonyl (C=O) groups is 1. The van der Waals surface area contributed by atoms with Crippen LogP contribution in [0.1, 0.15) is 53.3 Å². The van der Waals surface area contributed by atoms with E-state index < -0.39 is 11.9 Å². The van der Waals surface area contributed by atoms with E-state index in [2.05, 4.69) is 10.4 Å². The first-order valence-electron chi connectivity index (χ1n) is 12.2. The summed E-state index contributed by atoms with van der Waals surface area (Å²) in [4.78, 5) is 12.3. The predicted molar refractivity (Wildman–Crippen MR) is 134 cm³/mol. The molecule has 6 nitrogen and oxygen atoms in total. The number of nitrogens with one attached hydrogen (secondary N) is 1. The van der Waals surface area contributed by atoms with E-state index in [1.807, 2.05) is 49.4 Å². The molecule has 0 radical (unpaired) electrons. The van der Waals surface area contributed by atoms with Gasteiger partial charge in [0.1, 0.15) is 18.1 Å². The van der Waals surface area contributed by atoms with Crippen LogP contribution in [0.2, 0.25) is 0 Å². The molecule has 37 heavy (non-hydrogen) atoms. The number of rotatable bonds is 11. The third-order valence-electron chi connectivity index (χ3n) is 6.15. The number of hydrogen-bond acceptors (Lipinski definition) is 4. The monoisotopic (exact) mass is 513 g/mol. The Morgan fingerprint density at radius 2 is 1.95 bits per heavy atom. The molecular formula is C28H30F3N3O3. The lowest BCUT2D eigenvalue weighted by Gasteiger charge is -2.12. The van der Waals surface area contributed by atoms with E-state index in [0.717, 1.165) is 41.3 Å². The van der Waals surface area contributed by atoms with Crippen LogP contribution in [0, 0.1) is 6.92 Å². The van der Waals surface area contributed by atoms with Gasteiger partial charge in [0.15, 0.2) is 5.69 Å². The van der Waals surface area contributed by atoms with Gasteiger partial charge < -0.3 is 14.8 Å². The van der Waals surface area contributed by atoms with Crippen LogP contribution >= 0.6 is 0 Å². The molecule has 2 aromatic carbocycles. The number of halogens is 3. The molecule has 1 aliphatic rings. The van der Waals surface area contributed by atoms with Gasteiger partial charge in [0.25, 0.3) is 0 Å². The molecule has 1 saturated carbocycles. The molecule has 1 fully saturated rings. The number of benzene rings is 2. The van der Waals surface area contributed by atoms with Gasteiger partial charge in [-0.2, -0.15) is 18.3 Å². The summed E-state index contributed by atoms with van der Waals surface area (Å²) < 4.78 is 51.9. The molecule has 0 atom stereocenters. The molecule has 196 valence electrons. The number of hydrogen-bond donors (Lipinski definition) is 1. The van der Waals surface area contributed by atoms with E-state index >= 15 is 0 Å². The summed E-state index contributed by atoms with van der Waals surface area (Å²) in [6.07, 6.45) is 0.910. The van der Waals surface area contributed by atoms with E-state index in [9.17, 15) is 18.0 Å². The number of methoxy groups -OCH3 is 1. The van der Waals surface area contributed by atoms with Crippen molar-refractivity contribution in [3.8, 4) is 11.5 Å². The van der Waals surface area contributed by atoms with E-state index in [4.69, 9.17) is 9.47 Å². The van der Waals surface area contributed by atoms with Crippen LogP contribution < -0.4 is 14.8 Å². The number of aryl methyl sites for hydroxylation is 2. The smallest absolute Gasteiger partial charge is 0.435 e. The maximum absolute atomic E-state index is 13.0. The number of ether oxygens (including phenoxy) is 2. The molecule has 0 saturated heterocycles. The average Bonchev–Trinajstić information content (AvgIpc) is 3.62. The topological polar surface area (TPSA) is 65.4 Å². The average molecular weight is 514 g/mol. The Balaban J connectivity index is 1.29. The quantitative estimate of drug-likeness (QED) is 0.256. The van der Waals surface area contributed by atoms with Crippen molar-refractivity contribution < 1.29 is 27.4 Å². The lowest BCUT2D eigenvalue weighted by Crippen LogP contribution is -2.23. The predicted octanol–water partition coefficient (Wildman–Crippen LogP) is 5.90. The number of alkyl halides is 3. The Labute approximate surface area is 214 Å². The fourth-order valence-corrected chi connectivity index (χ4v) is 4.02. The molecule has 4 rings (SSSR count). The van der Waals surface area contributed by atoms with Gasteiger partial charge in [-0.05, 0) is 67.7 Å². The highest BCUT2D eigenvalue weighted by atomic mass is 19.4. The second-order valence-corrected chi connectivity index (χ2v) is 9.05. The minimum atomic E-state index is -4.46. The second kappa shape index (κ2) is 11.5. The minimum absolute atomic E-state index is 0.151. The van der Waals surface area contributed by atoms with E-state index in [1.165, 1.54) is 10.8 Å². The Hall–Kier alpha value is -3.75. The van der Waals surface area contributed by atoms with Crippen LogP contribution in [0.3, 0.4) is 0 Å². The number of aromatic nitrogens is 2. The van der Waals surface area contributed by atoms with Gasteiger partial charge in [-0.3, -0.25) is 9.48 Å². The van der Waals surface area contributed by atoms with Crippen LogP contribution in [-0.2, 0) is 24.1 Å². The summed E-state index contributed by atoms with van der Waals surface area (Å²) in [6.45, 7) is 2.93. The molecule has 1 aromatic heterocycles. The van der Waals surface area contributed by atoms with E-state index in [0.29, 0.717) is 37.6 Å². The van der Waals surface area contributed by atoms with Crippen LogP contribution in [0.5, 0.6) is 11.5 Å². The minimum Gasteiger partial charge on any atom is -0.496 e. The van der Waals surface area contributed by atoms with Gasteiger partial charge >= 0.3 is 6.18 Å². The summed E-state index contributed by atoms with van der Waals surface area (Å²) in [5, 5.41) is 6.52. The molecule has 3 aromatic rings. The Morgan fingerprint density at radius 3 is 2.65 bits per heavy atom. The molecule has 0 spiro atoms. The van der Waals surface area contributed by atoms with Crippen molar-refractivity contribution in [1.82, 2.24) is 15.1 Å². The Kier molecular flexibility index (Phi) is 8.21. The fourth-order valence-electron chi connectivity index (χ4n) is 4.02. The summed E-state index contributed by atoms with van der Waals surface area (Å²) in [6, 6.07) is 14.5. The maximum Gasteiger partial charge on any atom is 0.435 e. The first kappa shape index (κ1) is 26.3. The third kappa shape index (κ3) is 7.15. The first-order chi connectivity index (χ1) is 17.7. The zero-order valence-corrected chi connectivity index (χ0v) is 20.8. The van der Waals surface area contributed by atoms with Gasteiger partial charge in [-0.15, -0.1) is 0 Å². The van der Waals surface area contributed by atoms with Crippen molar-refractivity contribution in [3.05, 3.63) is 82.7 Å². The summed E-state index contributed by atoms with van der Waals surface area (Å²) >= 11 is 0. The van der Waals surface area contributed by atoms with Gasteiger partial charge in [-0.25, -0.2) is 0 Å². The molecule has 1 aliphatic carbocycles. The highest BCUT2D eigenvalue weighted by Gasteiger charge is 2.37. The zero-order valence-electron chi connectivity index (χ0n) is 20.8. The van der Waals surface area contributed by atoms with Crippen molar-refractivity contribution >= 4 is 12.0 Å². The number of para-hydroxylation sites is 1. The van der Waals surface area contributed by atoms with Crippen LogP contribution in [0.4, 0.5) is 13.2 Å². The van der Waals surface area contributed by atoms with Gasteiger partial charge in [0.2, 0.25) is 5.91 Å². The molecule has 1 amide bonds. The molecular weight excluding hydrogens is 483 g/mol. The van der Waals surface area contributed by atoms with Gasteiger partial charge in [0.05, 0.1) is 7.11 Å². The van der Waals surface area contributed by atoms with Crippen molar-refractivity contribution in [3.63, 3.8) is 0 Å². The maximum atomic E-state index is 13.0.